The van der Waals surface area contributed by atoms with Crippen molar-refractivity contribution in [1.82, 2.24) is 10.5 Å². The minimum Gasteiger partial charge on any atom is -0.361 e. The van der Waals surface area contributed by atoms with Crippen LogP contribution in [0, 0.1) is 6.92 Å². The smallest absolute Gasteiger partial charge is 0.230 e. The number of benzene rings is 1. The van der Waals surface area contributed by atoms with E-state index in [1.807, 2.05) is 31.2 Å². The summed E-state index contributed by atoms with van der Waals surface area (Å²) < 4.78 is 4.95. The maximum Gasteiger partial charge on any atom is 0.230 e. The van der Waals surface area contributed by atoms with Gasteiger partial charge in [0, 0.05) is 18.3 Å². The van der Waals surface area contributed by atoms with Crippen LogP contribution in [-0.4, -0.2) is 17.6 Å². The van der Waals surface area contributed by atoms with Crippen LogP contribution in [0.4, 0.5) is 5.69 Å². The lowest BCUT2D eigenvalue weighted by Gasteiger charge is -2.10. The summed E-state index contributed by atoms with van der Waals surface area (Å²) in [5, 5.41) is 9.99. The fraction of sp³-hybridized carbons (Fsp3) is 0.333. The predicted molar refractivity (Wildman–Crippen MR) is 84.6 cm³/mol. The fourth-order valence-corrected chi connectivity index (χ4v) is 1.92. The molecule has 0 saturated heterocycles. The summed E-state index contributed by atoms with van der Waals surface area (Å²) in [6.07, 6.45) is 0.215. The molecule has 1 amide bonds. The molecule has 0 aliphatic heterocycles. The monoisotopic (exact) mass is 309 g/mol. The summed E-state index contributed by atoms with van der Waals surface area (Å²) >= 11 is 0. The number of para-hydroxylation sites is 1. The summed E-state index contributed by atoms with van der Waals surface area (Å²) in [4.78, 5) is 12.0. The number of carbonyl (C=O) groups is 1. The second kappa shape index (κ2) is 8.44. The van der Waals surface area contributed by atoms with Crippen molar-refractivity contribution in [3.05, 3.63) is 47.3 Å². The SMILES string of the molecule is CCNCc1ccccc1NC(=O)Cc1cc(C)on1.Cl. The molecule has 5 nitrogen and oxygen atoms in total. The van der Waals surface area contributed by atoms with Gasteiger partial charge < -0.3 is 15.2 Å². The largest absolute Gasteiger partial charge is 0.361 e. The van der Waals surface area contributed by atoms with Crippen molar-refractivity contribution in [1.29, 1.82) is 0 Å². The van der Waals surface area contributed by atoms with E-state index in [9.17, 15) is 4.79 Å². The van der Waals surface area contributed by atoms with E-state index in [2.05, 4.69) is 15.8 Å². The minimum absolute atomic E-state index is 0. The third-order valence-corrected chi connectivity index (χ3v) is 2.88. The van der Waals surface area contributed by atoms with Crippen LogP contribution < -0.4 is 10.6 Å². The number of rotatable bonds is 6. The van der Waals surface area contributed by atoms with Gasteiger partial charge in [0.1, 0.15) is 5.76 Å². The fourth-order valence-electron chi connectivity index (χ4n) is 1.92. The summed E-state index contributed by atoms with van der Waals surface area (Å²) in [7, 11) is 0. The Hall–Kier alpha value is -1.85. The van der Waals surface area contributed by atoms with E-state index < -0.39 is 0 Å². The summed E-state index contributed by atoms with van der Waals surface area (Å²) in [6.45, 7) is 5.48. The van der Waals surface area contributed by atoms with Gasteiger partial charge in [-0.2, -0.15) is 0 Å². The van der Waals surface area contributed by atoms with Crippen LogP contribution in [0.15, 0.2) is 34.9 Å². The molecule has 1 heterocycles. The Morgan fingerprint density at radius 1 is 1.33 bits per heavy atom. The summed E-state index contributed by atoms with van der Waals surface area (Å²) in [5.41, 5.74) is 2.54. The van der Waals surface area contributed by atoms with Gasteiger partial charge in [-0.15, -0.1) is 12.4 Å². The maximum atomic E-state index is 12.0. The molecule has 2 N–H and O–H groups in total. The molecule has 114 valence electrons. The zero-order valence-corrected chi connectivity index (χ0v) is 13.0. The highest BCUT2D eigenvalue weighted by atomic mass is 35.5. The number of amides is 1. The van der Waals surface area contributed by atoms with Gasteiger partial charge in [-0.05, 0) is 25.1 Å². The molecular formula is C15H20ClN3O2. The number of aryl methyl sites for hydroxylation is 1. The number of hydrogen-bond donors (Lipinski definition) is 2. The number of nitrogens with zero attached hydrogens (tertiary/aromatic N) is 1. The minimum atomic E-state index is -0.0951. The molecule has 2 rings (SSSR count). The van der Waals surface area contributed by atoms with Crippen molar-refractivity contribution in [3.63, 3.8) is 0 Å². The van der Waals surface area contributed by atoms with Crippen molar-refractivity contribution in [2.75, 3.05) is 11.9 Å². The van der Waals surface area contributed by atoms with Crippen LogP contribution in [0.1, 0.15) is 23.9 Å². The van der Waals surface area contributed by atoms with Gasteiger partial charge >= 0.3 is 0 Å². The Morgan fingerprint density at radius 3 is 2.76 bits per heavy atom. The molecule has 0 bridgehead atoms. The third kappa shape index (κ3) is 5.21. The van der Waals surface area contributed by atoms with Crippen LogP contribution in [0.3, 0.4) is 0 Å². The van der Waals surface area contributed by atoms with E-state index in [1.54, 1.807) is 13.0 Å². The van der Waals surface area contributed by atoms with E-state index in [-0.39, 0.29) is 24.7 Å². The normalized spacial score (nSPS) is 10.0. The topological polar surface area (TPSA) is 67.2 Å². The summed E-state index contributed by atoms with van der Waals surface area (Å²) in [5.74, 6) is 0.614. The van der Waals surface area contributed by atoms with Crippen molar-refractivity contribution in [2.45, 2.75) is 26.8 Å². The van der Waals surface area contributed by atoms with Gasteiger partial charge in [-0.25, -0.2) is 0 Å². The Morgan fingerprint density at radius 2 is 2.10 bits per heavy atom. The first-order chi connectivity index (χ1) is 9.69. The number of anilines is 1. The van der Waals surface area contributed by atoms with Crippen LogP contribution >= 0.6 is 12.4 Å². The molecule has 0 aliphatic rings. The maximum absolute atomic E-state index is 12.0. The van der Waals surface area contributed by atoms with E-state index in [1.165, 1.54) is 0 Å². The number of hydrogen-bond acceptors (Lipinski definition) is 4. The number of halogens is 1. The Kier molecular flexibility index (Phi) is 6.91. The second-order valence-corrected chi connectivity index (χ2v) is 4.59. The lowest BCUT2D eigenvalue weighted by atomic mass is 10.1. The van der Waals surface area contributed by atoms with Gasteiger partial charge in [-0.1, -0.05) is 30.3 Å². The average molecular weight is 310 g/mol. The molecule has 0 atom stereocenters. The standard InChI is InChI=1S/C15H19N3O2.ClH/c1-3-16-10-12-6-4-5-7-14(12)17-15(19)9-13-8-11(2)20-18-13;/h4-8,16H,3,9-10H2,1-2H3,(H,17,19);1H. The van der Waals surface area contributed by atoms with Crippen LogP contribution in [-0.2, 0) is 17.8 Å². The zero-order valence-electron chi connectivity index (χ0n) is 12.2. The van der Waals surface area contributed by atoms with Crippen LogP contribution in [0.2, 0.25) is 0 Å². The Bertz CT molecular complexity index is 584. The molecule has 0 saturated carbocycles. The quantitative estimate of drug-likeness (QED) is 0.861. The highest BCUT2D eigenvalue weighted by Crippen LogP contribution is 2.15. The van der Waals surface area contributed by atoms with E-state index in [0.717, 1.165) is 24.3 Å². The van der Waals surface area contributed by atoms with E-state index >= 15 is 0 Å². The second-order valence-electron chi connectivity index (χ2n) is 4.59. The number of carbonyl (C=O) groups excluding carboxylic acids is 1. The molecule has 0 unspecified atom stereocenters. The highest BCUT2D eigenvalue weighted by molar-refractivity contribution is 5.92. The number of nitrogens with one attached hydrogen (secondary N) is 2. The van der Waals surface area contributed by atoms with Crippen molar-refractivity contribution < 1.29 is 9.32 Å². The third-order valence-electron chi connectivity index (χ3n) is 2.88. The predicted octanol–water partition coefficient (Wildman–Crippen LogP) is 2.70. The van der Waals surface area contributed by atoms with Crippen molar-refractivity contribution in [3.8, 4) is 0 Å². The van der Waals surface area contributed by atoms with Gasteiger partial charge in [0.15, 0.2) is 0 Å². The Labute approximate surface area is 130 Å². The average Bonchev–Trinajstić information content (AvgIpc) is 2.83. The molecule has 1 aromatic heterocycles. The zero-order chi connectivity index (χ0) is 14.4. The van der Waals surface area contributed by atoms with Crippen LogP contribution in [0.25, 0.3) is 0 Å². The molecular weight excluding hydrogens is 290 g/mol. The summed E-state index contributed by atoms with van der Waals surface area (Å²) in [6, 6.07) is 9.54. The van der Waals surface area contributed by atoms with Gasteiger partial charge in [0.2, 0.25) is 5.91 Å². The molecule has 0 fully saturated rings. The van der Waals surface area contributed by atoms with Gasteiger partial charge in [0.05, 0.1) is 12.1 Å². The Balaban J connectivity index is 0.00000220. The molecule has 21 heavy (non-hydrogen) atoms. The molecule has 1 aromatic carbocycles. The number of aromatic nitrogens is 1. The van der Waals surface area contributed by atoms with Crippen molar-refractivity contribution >= 4 is 24.0 Å². The van der Waals surface area contributed by atoms with Gasteiger partial charge in [0.25, 0.3) is 0 Å². The molecule has 0 radical (unpaired) electrons. The van der Waals surface area contributed by atoms with E-state index in [4.69, 9.17) is 4.52 Å². The lowest BCUT2D eigenvalue weighted by molar-refractivity contribution is -0.115. The van der Waals surface area contributed by atoms with Crippen molar-refractivity contribution in [2.24, 2.45) is 0 Å². The lowest BCUT2D eigenvalue weighted by Crippen LogP contribution is -2.18. The first-order valence-electron chi connectivity index (χ1n) is 6.69. The molecule has 0 spiro atoms. The van der Waals surface area contributed by atoms with Gasteiger partial charge in [-0.3, -0.25) is 4.79 Å². The van der Waals surface area contributed by atoms with Crippen LogP contribution in [0.5, 0.6) is 0 Å². The highest BCUT2D eigenvalue weighted by Gasteiger charge is 2.09. The molecule has 0 aliphatic carbocycles. The molecule has 6 heteroatoms. The van der Waals surface area contributed by atoms with E-state index in [0.29, 0.717) is 11.5 Å². The first kappa shape index (κ1) is 17.2. The first-order valence-corrected chi connectivity index (χ1v) is 6.69. The molecule has 2 aromatic rings.